The van der Waals surface area contributed by atoms with Gasteiger partial charge in [-0.25, -0.2) is 13.2 Å². The third-order valence-electron chi connectivity index (χ3n) is 5.37. The Kier molecular flexibility index (Phi) is 6.76. The van der Waals surface area contributed by atoms with Crippen LogP contribution in [0.4, 0.5) is 16.2 Å². The van der Waals surface area contributed by atoms with Crippen molar-refractivity contribution in [3.05, 3.63) is 83.4 Å². The molecular formula is C24H24ClN3O4S. The zero-order valence-electron chi connectivity index (χ0n) is 18.1. The van der Waals surface area contributed by atoms with Crippen molar-refractivity contribution in [3.8, 4) is 5.75 Å². The van der Waals surface area contributed by atoms with Crippen molar-refractivity contribution in [3.63, 3.8) is 0 Å². The van der Waals surface area contributed by atoms with Crippen molar-refractivity contribution >= 4 is 39.0 Å². The number of carbonyl (C=O) groups is 1. The van der Waals surface area contributed by atoms with Crippen molar-refractivity contribution < 1.29 is 17.9 Å². The van der Waals surface area contributed by atoms with Crippen LogP contribution in [0.25, 0.3) is 0 Å². The molecule has 0 aliphatic carbocycles. The van der Waals surface area contributed by atoms with E-state index in [-0.39, 0.29) is 16.6 Å². The van der Waals surface area contributed by atoms with Crippen LogP contribution in [0.1, 0.15) is 12.0 Å². The van der Waals surface area contributed by atoms with Crippen molar-refractivity contribution in [2.75, 3.05) is 29.8 Å². The average molecular weight is 486 g/mol. The molecule has 3 aromatic carbocycles. The molecule has 3 aromatic rings. The molecular weight excluding hydrogens is 462 g/mol. The van der Waals surface area contributed by atoms with Crippen molar-refractivity contribution in [1.29, 1.82) is 0 Å². The second-order valence-electron chi connectivity index (χ2n) is 7.64. The van der Waals surface area contributed by atoms with Crippen LogP contribution < -0.4 is 14.4 Å². The minimum absolute atomic E-state index is 0.0273. The first-order chi connectivity index (χ1) is 15.9. The lowest BCUT2D eigenvalue weighted by Gasteiger charge is -2.36. The number of anilines is 2. The number of ether oxygens (including phenoxy) is 1. The summed E-state index contributed by atoms with van der Waals surface area (Å²) in [6.45, 7) is 1.59. The number of carbonyl (C=O) groups excluding carboxylic acids is 1. The van der Waals surface area contributed by atoms with E-state index >= 15 is 0 Å². The monoisotopic (exact) mass is 485 g/mol. The molecule has 1 saturated heterocycles. The quantitative estimate of drug-likeness (QED) is 0.511. The molecule has 1 N–H and O–H groups in total. The fraction of sp³-hybridized carbons (Fsp3) is 0.208. The zero-order chi connectivity index (χ0) is 23.4. The molecule has 0 spiro atoms. The summed E-state index contributed by atoms with van der Waals surface area (Å²) >= 11 is 5.99. The highest BCUT2D eigenvalue weighted by molar-refractivity contribution is 7.92. The zero-order valence-corrected chi connectivity index (χ0v) is 19.6. The van der Waals surface area contributed by atoms with E-state index in [2.05, 4.69) is 4.72 Å². The van der Waals surface area contributed by atoms with Crippen molar-refractivity contribution in [2.45, 2.75) is 17.9 Å². The highest BCUT2D eigenvalue weighted by atomic mass is 35.5. The largest absolute Gasteiger partial charge is 0.497 e. The normalized spacial score (nSPS) is 14.3. The predicted molar refractivity (Wildman–Crippen MR) is 129 cm³/mol. The van der Waals surface area contributed by atoms with Crippen LogP contribution in [0, 0.1) is 0 Å². The van der Waals surface area contributed by atoms with Gasteiger partial charge in [0.05, 0.1) is 23.4 Å². The highest BCUT2D eigenvalue weighted by Gasteiger charge is 2.29. The van der Waals surface area contributed by atoms with Gasteiger partial charge in [0.15, 0.2) is 0 Å². The summed E-state index contributed by atoms with van der Waals surface area (Å²) in [6, 6.07) is 20.6. The number of methoxy groups -OCH3 is 1. The summed E-state index contributed by atoms with van der Waals surface area (Å²) < 4.78 is 34.0. The number of nitrogens with zero attached hydrogens (tertiary/aromatic N) is 2. The molecule has 1 heterocycles. The molecule has 33 heavy (non-hydrogen) atoms. The molecule has 4 rings (SSSR count). The number of halogens is 1. The van der Waals surface area contributed by atoms with Gasteiger partial charge in [-0.15, -0.1) is 0 Å². The van der Waals surface area contributed by atoms with E-state index in [4.69, 9.17) is 16.3 Å². The van der Waals surface area contributed by atoms with Gasteiger partial charge in [-0.2, -0.15) is 0 Å². The Bertz CT molecular complexity index is 1250. The van der Waals surface area contributed by atoms with Crippen LogP contribution in [0.2, 0.25) is 5.02 Å². The maximum absolute atomic E-state index is 13.3. The first-order valence-electron chi connectivity index (χ1n) is 10.4. The summed E-state index contributed by atoms with van der Waals surface area (Å²) in [5, 5.41) is 0.312. The van der Waals surface area contributed by atoms with Crippen molar-refractivity contribution in [1.82, 2.24) is 4.90 Å². The lowest BCUT2D eigenvalue weighted by molar-refractivity contribution is 0.192. The lowest BCUT2D eigenvalue weighted by atomic mass is 10.1. The molecule has 0 atom stereocenters. The first-order valence-corrected chi connectivity index (χ1v) is 12.3. The van der Waals surface area contributed by atoms with Gasteiger partial charge in [0, 0.05) is 30.7 Å². The number of benzene rings is 3. The van der Waals surface area contributed by atoms with Crippen LogP contribution in [-0.4, -0.2) is 39.5 Å². The summed E-state index contributed by atoms with van der Waals surface area (Å²) in [7, 11) is -2.45. The van der Waals surface area contributed by atoms with Crippen molar-refractivity contribution in [2.24, 2.45) is 0 Å². The topological polar surface area (TPSA) is 79.0 Å². The Morgan fingerprint density at radius 3 is 2.52 bits per heavy atom. The van der Waals surface area contributed by atoms with E-state index in [0.29, 0.717) is 36.1 Å². The highest BCUT2D eigenvalue weighted by Crippen LogP contribution is 2.34. The molecule has 1 fully saturated rings. The molecule has 0 saturated carbocycles. The summed E-state index contributed by atoms with van der Waals surface area (Å²) in [5.74, 6) is 0.466. The lowest BCUT2D eigenvalue weighted by Crippen LogP contribution is -2.49. The minimum Gasteiger partial charge on any atom is -0.497 e. The Morgan fingerprint density at radius 2 is 1.79 bits per heavy atom. The number of nitrogens with one attached hydrogen (secondary N) is 1. The van der Waals surface area contributed by atoms with E-state index in [0.717, 1.165) is 12.0 Å². The SMILES string of the molecule is COc1ccc(N2CCCN(Cc3ccccc3)C2=O)c(NS(=O)(=O)c2cccc(Cl)c2)c1. The third-order valence-corrected chi connectivity index (χ3v) is 6.97. The number of hydrogen-bond donors (Lipinski definition) is 1. The van der Waals surface area contributed by atoms with Gasteiger partial charge in [-0.05, 0) is 42.3 Å². The van der Waals surface area contributed by atoms with E-state index in [1.165, 1.54) is 19.2 Å². The molecule has 1 aliphatic rings. The second kappa shape index (κ2) is 9.72. The Hall–Kier alpha value is -3.23. The molecule has 0 aromatic heterocycles. The first kappa shape index (κ1) is 22.9. The van der Waals surface area contributed by atoms with Crippen LogP contribution in [0.3, 0.4) is 0 Å². The van der Waals surface area contributed by atoms with Crippen LogP contribution >= 0.6 is 11.6 Å². The third kappa shape index (κ3) is 5.23. The molecule has 2 amide bonds. The minimum atomic E-state index is -3.94. The maximum Gasteiger partial charge on any atom is 0.324 e. The molecule has 0 radical (unpaired) electrons. The van der Waals surface area contributed by atoms with E-state index in [9.17, 15) is 13.2 Å². The number of hydrogen-bond acceptors (Lipinski definition) is 4. The molecule has 0 unspecified atom stereocenters. The number of urea groups is 1. The van der Waals surface area contributed by atoms with Gasteiger partial charge in [0.2, 0.25) is 0 Å². The summed E-state index contributed by atoms with van der Waals surface area (Å²) in [6.07, 6.45) is 0.755. The molecule has 0 bridgehead atoms. The van der Waals surface area contributed by atoms with E-state index in [1.807, 2.05) is 30.3 Å². The predicted octanol–water partition coefficient (Wildman–Crippen LogP) is 4.98. The average Bonchev–Trinajstić information content (AvgIpc) is 2.81. The van der Waals surface area contributed by atoms with Gasteiger partial charge in [-0.3, -0.25) is 9.62 Å². The van der Waals surface area contributed by atoms with Crippen LogP contribution in [0.15, 0.2) is 77.7 Å². The molecule has 7 nitrogen and oxygen atoms in total. The summed E-state index contributed by atoms with van der Waals surface area (Å²) in [5.41, 5.74) is 1.75. The molecule has 172 valence electrons. The van der Waals surface area contributed by atoms with Gasteiger partial charge >= 0.3 is 6.03 Å². The Morgan fingerprint density at radius 1 is 1.00 bits per heavy atom. The fourth-order valence-corrected chi connectivity index (χ4v) is 5.12. The second-order valence-corrected chi connectivity index (χ2v) is 9.76. The van der Waals surface area contributed by atoms with E-state index < -0.39 is 10.0 Å². The number of amides is 2. The standard InChI is InChI=1S/C24H24ClN3O4S/c1-32-20-11-12-23(22(16-20)26-33(30,31)21-10-5-9-19(25)15-21)28-14-6-13-27(24(28)29)17-18-7-3-2-4-8-18/h2-5,7-12,15-16,26H,6,13-14,17H2,1H3. The molecule has 1 aliphatic heterocycles. The van der Waals surface area contributed by atoms with Gasteiger partial charge in [0.25, 0.3) is 10.0 Å². The molecule has 9 heteroatoms. The number of rotatable bonds is 7. The van der Waals surface area contributed by atoms with Gasteiger partial charge in [-0.1, -0.05) is 48.0 Å². The summed E-state index contributed by atoms with van der Waals surface area (Å²) in [4.78, 5) is 16.7. The Balaban J connectivity index is 1.65. The fourth-order valence-electron chi connectivity index (χ4n) is 3.75. The maximum atomic E-state index is 13.3. The number of sulfonamides is 1. The van der Waals surface area contributed by atoms with Crippen LogP contribution in [0.5, 0.6) is 5.75 Å². The van der Waals surface area contributed by atoms with Crippen LogP contribution in [-0.2, 0) is 16.6 Å². The smallest absolute Gasteiger partial charge is 0.324 e. The van der Waals surface area contributed by atoms with Gasteiger partial charge < -0.3 is 9.64 Å². The Labute approximate surface area is 198 Å². The van der Waals surface area contributed by atoms with Gasteiger partial charge in [0.1, 0.15) is 5.75 Å². The van der Waals surface area contributed by atoms with E-state index in [1.54, 1.807) is 40.1 Å².